The number of nitrogens with zero attached hydrogens (tertiary/aromatic N) is 2. The van der Waals surface area contributed by atoms with Crippen molar-refractivity contribution in [3.63, 3.8) is 0 Å². The topological polar surface area (TPSA) is 52.1 Å². The van der Waals surface area contributed by atoms with Gasteiger partial charge in [-0.2, -0.15) is 0 Å². The highest BCUT2D eigenvalue weighted by atomic mass is 32.1. The number of hydrogen-bond acceptors (Lipinski definition) is 5. The molecule has 20 heavy (non-hydrogen) atoms. The summed E-state index contributed by atoms with van der Waals surface area (Å²) in [4.78, 5) is 12.5. The molecular weight excluding hydrogens is 279 g/mol. The lowest BCUT2D eigenvalue weighted by molar-refractivity contribution is 0.0324. The fourth-order valence-electron chi connectivity index (χ4n) is 2.33. The minimum Gasteiger partial charge on any atom is -0.458 e. The van der Waals surface area contributed by atoms with Crippen LogP contribution in [0.4, 0.5) is 4.39 Å². The van der Waals surface area contributed by atoms with Crippen molar-refractivity contribution >= 4 is 17.5 Å². The van der Waals surface area contributed by atoms with Crippen LogP contribution in [0.2, 0.25) is 0 Å². The van der Waals surface area contributed by atoms with Crippen LogP contribution in [-0.4, -0.2) is 21.7 Å². The highest BCUT2D eigenvalue weighted by molar-refractivity contribution is 7.08. The molecule has 1 fully saturated rings. The summed E-state index contributed by atoms with van der Waals surface area (Å²) in [5, 5.41) is 3.96. The Morgan fingerprint density at radius 2 is 1.95 bits per heavy atom. The summed E-state index contributed by atoms with van der Waals surface area (Å²) < 4.78 is 22.2. The molecular formula is C14H13FN2O2S. The minimum absolute atomic E-state index is 0.00525. The van der Waals surface area contributed by atoms with E-state index in [1.165, 1.54) is 12.1 Å². The zero-order valence-electron chi connectivity index (χ0n) is 10.7. The molecule has 1 aliphatic rings. The maximum Gasteiger partial charge on any atom is 0.352 e. The normalized spacial score (nSPS) is 15.4. The summed E-state index contributed by atoms with van der Waals surface area (Å²) in [6.07, 6.45) is 4.05. The Labute approximate surface area is 119 Å². The van der Waals surface area contributed by atoms with Crippen LogP contribution < -0.4 is 0 Å². The van der Waals surface area contributed by atoms with E-state index in [0.29, 0.717) is 16.1 Å². The van der Waals surface area contributed by atoms with Crippen LogP contribution in [0.3, 0.4) is 0 Å². The third-order valence-electron chi connectivity index (χ3n) is 3.37. The molecule has 0 amide bonds. The molecule has 0 bridgehead atoms. The fourth-order valence-corrected chi connectivity index (χ4v) is 2.90. The van der Waals surface area contributed by atoms with Gasteiger partial charge in [-0.05, 0) is 61.5 Å². The van der Waals surface area contributed by atoms with E-state index in [2.05, 4.69) is 9.59 Å². The third kappa shape index (κ3) is 2.70. The molecule has 1 heterocycles. The summed E-state index contributed by atoms with van der Waals surface area (Å²) in [5.41, 5.74) is 1.12. The molecule has 0 atom stereocenters. The van der Waals surface area contributed by atoms with E-state index in [1.54, 1.807) is 12.1 Å². The SMILES string of the molecule is O=C(OC1CCCC1)c1snnc1-c1ccc(F)cc1. The van der Waals surface area contributed by atoms with Crippen LogP contribution in [0.1, 0.15) is 35.4 Å². The lowest BCUT2D eigenvalue weighted by atomic mass is 10.1. The minimum atomic E-state index is -0.383. The maximum atomic E-state index is 12.9. The summed E-state index contributed by atoms with van der Waals surface area (Å²) in [5.74, 6) is -0.710. The van der Waals surface area contributed by atoms with E-state index in [9.17, 15) is 9.18 Å². The Bertz CT molecular complexity index is 606. The monoisotopic (exact) mass is 292 g/mol. The fraction of sp³-hybridized carbons (Fsp3) is 0.357. The van der Waals surface area contributed by atoms with Gasteiger partial charge in [0.2, 0.25) is 0 Å². The number of halogens is 1. The van der Waals surface area contributed by atoms with E-state index in [1.807, 2.05) is 0 Å². The molecule has 0 aliphatic heterocycles. The van der Waals surface area contributed by atoms with Gasteiger partial charge in [0.15, 0.2) is 4.88 Å². The molecule has 0 spiro atoms. The lowest BCUT2D eigenvalue weighted by Gasteiger charge is -2.10. The van der Waals surface area contributed by atoms with Crippen LogP contribution in [0.25, 0.3) is 11.3 Å². The van der Waals surface area contributed by atoms with Gasteiger partial charge in [0.05, 0.1) is 0 Å². The van der Waals surface area contributed by atoms with Crippen LogP contribution in [0.15, 0.2) is 24.3 Å². The molecule has 1 aromatic heterocycles. The van der Waals surface area contributed by atoms with Gasteiger partial charge in [0, 0.05) is 5.56 Å². The van der Waals surface area contributed by atoms with E-state index in [0.717, 1.165) is 37.2 Å². The maximum absolute atomic E-state index is 12.9. The Hall–Kier alpha value is -1.82. The number of aromatic nitrogens is 2. The molecule has 2 aromatic rings. The van der Waals surface area contributed by atoms with Crippen molar-refractivity contribution < 1.29 is 13.9 Å². The third-order valence-corrected chi connectivity index (χ3v) is 4.07. The van der Waals surface area contributed by atoms with Crippen molar-refractivity contribution in [2.45, 2.75) is 31.8 Å². The lowest BCUT2D eigenvalue weighted by Crippen LogP contribution is -2.14. The predicted octanol–water partition coefficient (Wildman–Crippen LogP) is 3.44. The second-order valence-electron chi connectivity index (χ2n) is 4.77. The van der Waals surface area contributed by atoms with Crippen molar-refractivity contribution in [2.24, 2.45) is 0 Å². The van der Waals surface area contributed by atoms with E-state index in [-0.39, 0.29) is 17.9 Å². The second-order valence-corrected chi connectivity index (χ2v) is 5.52. The molecule has 3 rings (SSSR count). The van der Waals surface area contributed by atoms with Gasteiger partial charge < -0.3 is 4.74 Å². The molecule has 0 radical (unpaired) electrons. The summed E-state index contributed by atoms with van der Waals surface area (Å²) >= 11 is 1.01. The molecule has 1 aromatic carbocycles. The highest BCUT2D eigenvalue weighted by Crippen LogP contribution is 2.27. The van der Waals surface area contributed by atoms with Crippen molar-refractivity contribution in [1.82, 2.24) is 9.59 Å². The molecule has 1 saturated carbocycles. The predicted molar refractivity (Wildman–Crippen MR) is 73.0 cm³/mol. The van der Waals surface area contributed by atoms with Crippen LogP contribution in [0, 0.1) is 5.82 Å². The Kier molecular flexibility index (Phi) is 3.73. The molecule has 0 N–H and O–H groups in total. The first kappa shape index (κ1) is 13.2. The molecule has 1 aliphatic carbocycles. The average Bonchev–Trinajstić information content (AvgIpc) is 3.10. The van der Waals surface area contributed by atoms with Crippen LogP contribution in [-0.2, 0) is 4.74 Å². The molecule has 0 unspecified atom stereocenters. The van der Waals surface area contributed by atoms with Crippen LogP contribution >= 0.6 is 11.5 Å². The zero-order valence-corrected chi connectivity index (χ0v) is 11.5. The van der Waals surface area contributed by atoms with Crippen molar-refractivity contribution in [3.05, 3.63) is 35.0 Å². The number of esters is 1. The number of carbonyl (C=O) groups excluding carboxylic acids is 1. The highest BCUT2D eigenvalue weighted by Gasteiger charge is 2.24. The zero-order chi connectivity index (χ0) is 13.9. The van der Waals surface area contributed by atoms with Crippen LogP contribution in [0.5, 0.6) is 0 Å². The quantitative estimate of drug-likeness (QED) is 0.813. The van der Waals surface area contributed by atoms with E-state index >= 15 is 0 Å². The van der Waals surface area contributed by atoms with Crippen molar-refractivity contribution in [2.75, 3.05) is 0 Å². The van der Waals surface area contributed by atoms with E-state index in [4.69, 9.17) is 4.74 Å². The second kappa shape index (κ2) is 5.66. The average molecular weight is 292 g/mol. The molecule has 0 saturated heterocycles. The largest absolute Gasteiger partial charge is 0.458 e. The molecule has 6 heteroatoms. The molecule has 4 nitrogen and oxygen atoms in total. The first-order chi connectivity index (χ1) is 9.74. The van der Waals surface area contributed by atoms with Crippen molar-refractivity contribution in [1.29, 1.82) is 0 Å². The smallest absolute Gasteiger partial charge is 0.352 e. The number of rotatable bonds is 3. The summed E-state index contributed by atoms with van der Waals surface area (Å²) in [6.45, 7) is 0. The van der Waals surface area contributed by atoms with Gasteiger partial charge >= 0.3 is 5.97 Å². The molecule has 104 valence electrons. The number of hydrogen-bond donors (Lipinski definition) is 0. The Morgan fingerprint density at radius 3 is 2.65 bits per heavy atom. The number of benzene rings is 1. The van der Waals surface area contributed by atoms with Gasteiger partial charge in [0.25, 0.3) is 0 Å². The van der Waals surface area contributed by atoms with Gasteiger partial charge in [-0.25, -0.2) is 9.18 Å². The summed E-state index contributed by atoms with van der Waals surface area (Å²) in [7, 11) is 0. The number of ether oxygens (including phenoxy) is 1. The number of carbonyl (C=O) groups is 1. The first-order valence-electron chi connectivity index (χ1n) is 6.53. The van der Waals surface area contributed by atoms with Gasteiger partial charge in [-0.3, -0.25) is 0 Å². The Morgan fingerprint density at radius 1 is 1.25 bits per heavy atom. The van der Waals surface area contributed by atoms with Gasteiger partial charge in [-0.15, -0.1) is 5.10 Å². The van der Waals surface area contributed by atoms with Crippen molar-refractivity contribution in [3.8, 4) is 11.3 Å². The first-order valence-corrected chi connectivity index (χ1v) is 7.30. The summed E-state index contributed by atoms with van der Waals surface area (Å²) in [6, 6.07) is 5.83. The van der Waals surface area contributed by atoms with E-state index < -0.39 is 0 Å². The van der Waals surface area contributed by atoms with Gasteiger partial charge in [-0.1, -0.05) is 4.49 Å². The standard InChI is InChI=1S/C14H13FN2O2S/c15-10-7-5-9(6-8-10)12-13(20-17-16-12)14(18)19-11-3-1-2-4-11/h5-8,11H,1-4H2. The Balaban J connectivity index is 1.82. The van der Waals surface area contributed by atoms with Gasteiger partial charge in [0.1, 0.15) is 17.6 Å².